The van der Waals surface area contributed by atoms with Crippen molar-refractivity contribution in [3.8, 4) is 0 Å². The average Bonchev–Trinajstić information content (AvgIpc) is 2.63. The number of aromatic carboxylic acids is 1. The molecule has 7 heteroatoms. The molecule has 0 aliphatic heterocycles. The van der Waals surface area contributed by atoms with Gasteiger partial charge in [-0.25, -0.2) is 4.79 Å². The molecule has 0 aliphatic carbocycles. The van der Waals surface area contributed by atoms with Crippen LogP contribution in [0.15, 0.2) is 36.4 Å². The number of hydrogen-bond donors (Lipinski definition) is 5. The molecule has 0 saturated heterocycles. The van der Waals surface area contributed by atoms with Crippen LogP contribution in [0.2, 0.25) is 0 Å². The first-order chi connectivity index (χ1) is 12.3. The lowest BCUT2D eigenvalue weighted by molar-refractivity contribution is -0.114. The number of aliphatic hydroxyl groups is 4. The lowest BCUT2D eigenvalue weighted by atomic mass is 9.86. The van der Waals surface area contributed by atoms with Gasteiger partial charge < -0.3 is 30.3 Å². The summed E-state index contributed by atoms with van der Waals surface area (Å²) in [6, 6.07) is 10.0. The summed E-state index contributed by atoms with van der Waals surface area (Å²) in [5.41, 5.74) is 0.168. The lowest BCUT2D eigenvalue weighted by Gasteiger charge is -2.26. The zero-order valence-corrected chi connectivity index (χ0v) is 14.2. The van der Waals surface area contributed by atoms with Crippen LogP contribution >= 0.6 is 0 Å². The number of fused-ring (bicyclic) bond motifs is 1. The third-order valence-electron chi connectivity index (χ3n) is 4.47. The Morgan fingerprint density at radius 2 is 1.69 bits per heavy atom. The van der Waals surface area contributed by atoms with Gasteiger partial charge in [0.1, 0.15) is 18.5 Å². The molecular weight excluding hydrogens is 340 g/mol. The van der Waals surface area contributed by atoms with Crippen LogP contribution in [0.1, 0.15) is 35.2 Å². The second-order valence-corrected chi connectivity index (χ2v) is 6.32. The highest BCUT2D eigenvalue weighted by atomic mass is 16.4. The van der Waals surface area contributed by atoms with Crippen LogP contribution in [0.4, 0.5) is 0 Å². The topological polar surface area (TPSA) is 135 Å². The maximum absolute atomic E-state index is 11.8. The summed E-state index contributed by atoms with van der Waals surface area (Å²) < 4.78 is 0. The van der Waals surface area contributed by atoms with Gasteiger partial charge in [-0.1, -0.05) is 36.4 Å². The van der Waals surface area contributed by atoms with E-state index in [9.17, 15) is 35.1 Å². The monoisotopic (exact) mass is 362 g/mol. The van der Waals surface area contributed by atoms with Crippen molar-refractivity contribution in [3.63, 3.8) is 0 Å². The fourth-order valence-corrected chi connectivity index (χ4v) is 3.00. The first kappa shape index (κ1) is 20.0. The van der Waals surface area contributed by atoms with Crippen molar-refractivity contribution in [2.45, 2.75) is 43.7 Å². The number of carboxylic acids is 1. The molecule has 0 saturated carbocycles. The van der Waals surface area contributed by atoms with Crippen LogP contribution in [0, 0.1) is 0 Å². The molecule has 5 atom stereocenters. The second kappa shape index (κ2) is 8.37. The van der Waals surface area contributed by atoms with Crippen LogP contribution in [0.5, 0.6) is 0 Å². The molecule has 2 rings (SSSR count). The van der Waals surface area contributed by atoms with Gasteiger partial charge in [-0.2, -0.15) is 0 Å². The van der Waals surface area contributed by atoms with Crippen molar-refractivity contribution in [3.05, 3.63) is 47.5 Å². The molecule has 5 N–H and O–H groups in total. The molecule has 0 unspecified atom stereocenters. The van der Waals surface area contributed by atoms with Gasteiger partial charge in [0, 0.05) is 5.92 Å². The van der Waals surface area contributed by atoms with E-state index in [-0.39, 0.29) is 17.5 Å². The largest absolute Gasteiger partial charge is 0.478 e. The minimum Gasteiger partial charge on any atom is -0.478 e. The maximum Gasteiger partial charge on any atom is 0.336 e. The summed E-state index contributed by atoms with van der Waals surface area (Å²) in [5.74, 6) is -2.21. The molecule has 0 fully saturated rings. The van der Waals surface area contributed by atoms with E-state index in [4.69, 9.17) is 0 Å². The third-order valence-corrected chi connectivity index (χ3v) is 4.47. The van der Waals surface area contributed by atoms with E-state index in [1.165, 1.54) is 13.0 Å². The van der Waals surface area contributed by atoms with Gasteiger partial charge >= 0.3 is 5.97 Å². The molecule has 0 bridgehead atoms. The molecule has 0 aromatic heterocycles. The summed E-state index contributed by atoms with van der Waals surface area (Å²) in [7, 11) is 0. The number of carbonyl (C=O) groups excluding carboxylic acids is 1. The standard InChI is InChI=1S/C19H22O7/c1-10(21)17(23)18(24)15(22)8-12(9-20)14-7-6-11-4-2-3-5-13(11)16(14)19(25)26/h2-7,9-10,12,15,17-18,21-24H,8H2,1H3,(H,25,26)/t10-,12-,15+,17+,18-/m1/s1. The number of carboxylic acid groups (broad SMARTS) is 1. The number of aliphatic hydroxyl groups excluding tert-OH is 4. The highest BCUT2D eigenvalue weighted by molar-refractivity contribution is 6.05. The van der Waals surface area contributed by atoms with Crippen molar-refractivity contribution in [1.82, 2.24) is 0 Å². The Morgan fingerprint density at radius 1 is 1.04 bits per heavy atom. The van der Waals surface area contributed by atoms with Crippen molar-refractivity contribution < 1.29 is 35.1 Å². The normalized spacial score (nSPS) is 17.3. The van der Waals surface area contributed by atoms with E-state index in [2.05, 4.69) is 0 Å². The molecule has 0 heterocycles. The Kier molecular flexibility index (Phi) is 6.44. The van der Waals surface area contributed by atoms with E-state index in [1.54, 1.807) is 30.3 Å². The molecule has 2 aromatic carbocycles. The Hall–Kier alpha value is -2.32. The summed E-state index contributed by atoms with van der Waals surface area (Å²) in [4.78, 5) is 23.4. The summed E-state index contributed by atoms with van der Waals surface area (Å²) in [6.45, 7) is 1.25. The van der Waals surface area contributed by atoms with Crippen LogP contribution in [0.3, 0.4) is 0 Å². The van der Waals surface area contributed by atoms with Gasteiger partial charge in [0.25, 0.3) is 0 Å². The number of rotatable bonds is 8. The maximum atomic E-state index is 11.8. The highest BCUT2D eigenvalue weighted by Crippen LogP contribution is 2.30. The van der Waals surface area contributed by atoms with E-state index < -0.39 is 36.3 Å². The quantitative estimate of drug-likeness (QED) is 0.436. The molecule has 26 heavy (non-hydrogen) atoms. The first-order valence-corrected chi connectivity index (χ1v) is 8.20. The SMILES string of the molecule is C[C@@H](O)[C@H](O)[C@H](O)[C@@H](O)C[C@H](C=O)c1ccc2ccccc2c1C(=O)O. The average molecular weight is 362 g/mol. The molecule has 0 amide bonds. The number of benzene rings is 2. The van der Waals surface area contributed by atoms with Gasteiger partial charge in [0.05, 0.1) is 17.8 Å². The fraction of sp³-hybridized carbons (Fsp3) is 0.368. The fourth-order valence-electron chi connectivity index (χ4n) is 3.00. The molecule has 2 aromatic rings. The van der Waals surface area contributed by atoms with Crippen LogP contribution in [0.25, 0.3) is 10.8 Å². The first-order valence-electron chi connectivity index (χ1n) is 8.20. The number of carbonyl (C=O) groups is 2. The Bertz CT molecular complexity index is 787. The molecule has 0 spiro atoms. The van der Waals surface area contributed by atoms with Crippen LogP contribution in [-0.4, -0.2) is 62.2 Å². The summed E-state index contributed by atoms with van der Waals surface area (Å²) in [6.07, 6.45) is -5.86. The highest BCUT2D eigenvalue weighted by Gasteiger charge is 2.31. The second-order valence-electron chi connectivity index (χ2n) is 6.32. The minimum absolute atomic E-state index is 0.0436. The molecule has 7 nitrogen and oxygen atoms in total. The Morgan fingerprint density at radius 3 is 2.27 bits per heavy atom. The predicted octanol–water partition coefficient (Wildman–Crippen LogP) is 0.674. The van der Waals surface area contributed by atoms with Crippen molar-refractivity contribution in [1.29, 1.82) is 0 Å². The Labute approximate surface area is 150 Å². The van der Waals surface area contributed by atoms with E-state index in [0.717, 1.165) is 0 Å². The van der Waals surface area contributed by atoms with Gasteiger partial charge in [-0.3, -0.25) is 0 Å². The van der Waals surface area contributed by atoms with Gasteiger partial charge in [0.15, 0.2) is 0 Å². The van der Waals surface area contributed by atoms with Crippen molar-refractivity contribution in [2.24, 2.45) is 0 Å². The lowest BCUT2D eigenvalue weighted by Crippen LogP contribution is -2.44. The van der Waals surface area contributed by atoms with Gasteiger partial charge in [0.2, 0.25) is 0 Å². The number of aldehydes is 1. The molecule has 140 valence electrons. The van der Waals surface area contributed by atoms with Gasteiger partial charge in [-0.15, -0.1) is 0 Å². The molecule has 0 aliphatic rings. The predicted molar refractivity (Wildman–Crippen MR) is 94.0 cm³/mol. The zero-order chi connectivity index (χ0) is 19.4. The Balaban J connectivity index is 2.40. The third kappa shape index (κ3) is 4.08. The number of hydrogen-bond acceptors (Lipinski definition) is 6. The molecule has 0 radical (unpaired) electrons. The van der Waals surface area contributed by atoms with E-state index in [0.29, 0.717) is 17.1 Å². The van der Waals surface area contributed by atoms with E-state index >= 15 is 0 Å². The van der Waals surface area contributed by atoms with Crippen molar-refractivity contribution >= 4 is 23.0 Å². The summed E-state index contributed by atoms with van der Waals surface area (Å²) in [5, 5.41) is 49.8. The van der Waals surface area contributed by atoms with Gasteiger partial charge in [-0.05, 0) is 29.7 Å². The summed E-state index contributed by atoms with van der Waals surface area (Å²) >= 11 is 0. The minimum atomic E-state index is -1.67. The van der Waals surface area contributed by atoms with Crippen LogP contribution in [-0.2, 0) is 4.79 Å². The van der Waals surface area contributed by atoms with Crippen LogP contribution < -0.4 is 0 Å². The van der Waals surface area contributed by atoms with E-state index in [1.807, 2.05) is 0 Å². The smallest absolute Gasteiger partial charge is 0.336 e. The van der Waals surface area contributed by atoms with Crippen molar-refractivity contribution in [2.75, 3.05) is 0 Å². The molecular formula is C19H22O7. The zero-order valence-electron chi connectivity index (χ0n) is 14.2.